The molecule has 3 aromatic heterocycles. The van der Waals surface area contributed by atoms with Crippen LogP contribution in [0.3, 0.4) is 0 Å². The second-order valence-corrected chi connectivity index (χ2v) is 10.4. The fourth-order valence-corrected chi connectivity index (χ4v) is 4.67. The number of ketones is 4. The van der Waals surface area contributed by atoms with E-state index >= 15 is 0 Å². The Morgan fingerprint density at radius 2 is 1.38 bits per heavy atom. The van der Waals surface area contributed by atoms with Gasteiger partial charge in [-0.1, -0.05) is 42.5 Å². The molecule has 0 unspecified atom stereocenters. The summed E-state index contributed by atoms with van der Waals surface area (Å²) in [5.74, 6) is -0.147. The number of aryl methyl sites for hydroxylation is 1. The van der Waals surface area contributed by atoms with E-state index in [0.717, 1.165) is 28.1 Å². The fraction of sp³-hybridized carbons (Fsp3) is 0.250. The minimum Gasteiger partial charge on any atom is -0.305 e. The van der Waals surface area contributed by atoms with Gasteiger partial charge in [0.05, 0.1) is 4.88 Å². The van der Waals surface area contributed by atoms with Gasteiger partial charge in [-0.15, -0.1) is 11.3 Å². The third kappa shape index (κ3) is 9.25. The first kappa shape index (κ1) is 30.4. The number of hydrogen-bond acceptors (Lipinski definition) is 8. The van der Waals surface area contributed by atoms with E-state index in [4.69, 9.17) is 0 Å². The number of Topliss-reactive ketones (excluding diaryl/α,β-unsaturated/α-hetero) is 4. The molecule has 0 spiro atoms. The Morgan fingerprint density at radius 1 is 0.700 bits per heavy atom. The average molecular weight is 556 g/mol. The summed E-state index contributed by atoms with van der Waals surface area (Å²) in [6.07, 6.45) is 4.01. The van der Waals surface area contributed by atoms with Crippen molar-refractivity contribution in [1.29, 1.82) is 0 Å². The SMILES string of the molecule is CN(C)Cc1ccccc1C(=O)CCC(=O)c1cccs1.Cc1cccnc1C(=O)CCC(=O)c1ccccn1. The van der Waals surface area contributed by atoms with Crippen LogP contribution in [0.25, 0.3) is 0 Å². The van der Waals surface area contributed by atoms with Crippen molar-refractivity contribution in [3.8, 4) is 0 Å². The number of carbonyl (C=O) groups is 4. The van der Waals surface area contributed by atoms with Crippen molar-refractivity contribution in [1.82, 2.24) is 14.9 Å². The molecule has 0 fully saturated rings. The Balaban J connectivity index is 0.000000222. The van der Waals surface area contributed by atoms with E-state index in [2.05, 4.69) is 9.97 Å². The molecule has 0 N–H and O–H groups in total. The van der Waals surface area contributed by atoms with E-state index in [1.807, 2.05) is 67.7 Å². The first-order chi connectivity index (χ1) is 19.3. The molecule has 206 valence electrons. The smallest absolute Gasteiger partial charge is 0.181 e. The average Bonchev–Trinajstić information content (AvgIpc) is 3.51. The lowest BCUT2D eigenvalue weighted by molar-refractivity contribution is 0.0912. The van der Waals surface area contributed by atoms with Crippen LogP contribution in [-0.4, -0.2) is 52.1 Å². The van der Waals surface area contributed by atoms with E-state index in [1.165, 1.54) is 11.3 Å². The molecule has 4 rings (SSSR count). The number of carbonyl (C=O) groups excluding carboxylic acids is 4. The summed E-state index contributed by atoms with van der Waals surface area (Å²) >= 11 is 1.42. The molecule has 0 saturated carbocycles. The monoisotopic (exact) mass is 555 g/mol. The molecular formula is C32H33N3O4S. The Bertz CT molecular complexity index is 1430. The Kier molecular flexibility index (Phi) is 11.7. The third-order valence-corrected chi connectivity index (χ3v) is 6.89. The van der Waals surface area contributed by atoms with Gasteiger partial charge in [0.2, 0.25) is 0 Å². The summed E-state index contributed by atoms with van der Waals surface area (Å²) in [4.78, 5) is 58.9. The number of rotatable bonds is 12. The maximum Gasteiger partial charge on any atom is 0.181 e. The number of thiophene rings is 1. The molecular weight excluding hydrogens is 522 g/mol. The predicted octanol–water partition coefficient (Wildman–Crippen LogP) is 6.29. The Labute approximate surface area is 238 Å². The largest absolute Gasteiger partial charge is 0.305 e. The van der Waals surface area contributed by atoms with Gasteiger partial charge in [-0.25, -0.2) is 0 Å². The number of hydrogen-bond donors (Lipinski definition) is 0. The zero-order valence-electron chi connectivity index (χ0n) is 23.0. The number of nitrogens with zero attached hydrogens (tertiary/aromatic N) is 3. The molecule has 3 heterocycles. The van der Waals surface area contributed by atoms with E-state index in [1.54, 1.807) is 42.7 Å². The lowest BCUT2D eigenvalue weighted by Crippen LogP contribution is -2.14. The molecule has 8 heteroatoms. The first-order valence-electron chi connectivity index (χ1n) is 13.0. The van der Waals surface area contributed by atoms with E-state index in [0.29, 0.717) is 11.4 Å². The summed E-state index contributed by atoms with van der Waals surface area (Å²) in [6, 6.07) is 20.0. The Hall–Kier alpha value is -4.14. The van der Waals surface area contributed by atoms with Gasteiger partial charge in [-0.3, -0.25) is 29.1 Å². The van der Waals surface area contributed by atoms with Crippen LogP contribution >= 0.6 is 11.3 Å². The van der Waals surface area contributed by atoms with Crippen LogP contribution in [0.4, 0.5) is 0 Å². The molecule has 0 radical (unpaired) electrons. The summed E-state index contributed by atoms with van der Waals surface area (Å²) < 4.78 is 0. The molecule has 0 saturated heterocycles. The fourth-order valence-electron chi connectivity index (χ4n) is 3.97. The number of aromatic nitrogens is 2. The molecule has 0 bridgehead atoms. The summed E-state index contributed by atoms with van der Waals surface area (Å²) in [5.41, 5.74) is 3.41. The van der Waals surface area contributed by atoms with Crippen molar-refractivity contribution >= 4 is 34.5 Å². The highest BCUT2D eigenvalue weighted by Crippen LogP contribution is 2.17. The molecule has 40 heavy (non-hydrogen) atoms. The zero-order valence-corrected chi connectivity index (χ0v) is 23.8. The van der Waals surface area contributed by atoms with Gasteiger partial charge in [0, 0.05) is 50.2 Å². The van der Waals surface area contributed by atoms with Crippen molar-refractivity contribution in [3.63, 3.8) is 0 Å². The van der Waals surface area contributed by atoms with Crippen LogP contribution in [0.2, 0.25) is 0 Å². The first-order valence-corrected chi connectivity index (χ1v) is 13.9. The van der Waals surface area contributed by atoms with Crippen molar-refractivity contribution in [3.05, 3.63) is 117 Å². The topological polar surface area (TPSA) is 97.3 Å². The van der Waals surface area contributed by atoms with Gasteiger partial charge in [-0.05, 0) is 61.8 Å². The predicted molar refractivity (Wildman–Crippen MR) is 157 cm³/mol. The zero-order chi connectivity index (χ0) is 28.9. The van der Waals surface area contributed by atoms with Crippen LogP contribution in [0.5, 0.6) is 0 Å². The highest BCUT2D eigenvalue weighted by Gasteiger charge is 2.15. The molecule has 0 aliphatic rings. The summed E-state index contributed by atoms with van der Waals surface area (Å²) in [5, 5.41) is 1.88. The summed E-state index contributed by atoms with van der Waals surface area (Å²) in [7, 11) is 3.95. The van der Waals surface area contributed by atoms with Gasteiger partial charge in [0.15, 0.2) is 23.1 Å². The van der Waals surface area contributed by atoms with Gasteiger partial charge >= 0.3 is 0 Å². The van der Waals surface area contributed by atoms with Crippen LogP contribution in [0, 0.1) is 6.92 Å². The minimum atomic E-state index is -0.123. The van der Waals surface area contributed by atoms with Crippen molar-refractivity contribution in [2.45, 2.75) is 39.2 Å². The normalized spacial score (nSPS) is 10.5. The Morgan fingerprint density at radius 3 is 2.05 bits per heavy atom. The molecule has 0 amide bonds. The third-order valence-electron chi connectivity index (χ3n) is 5.98. The van der Waals surface area contributed by atoms with Crippen LogP contribution in [0.1, 0.15) is 77.8 Å². The maximum atomic E-state index is 12.4. The molecule has 7 nitrogen and oxygen atoms in total. The van der Waals surface area contributed by atoms with Crippen LogP contribution in [-0.2, 0) is 6.54 Å². The highest BCUT2D eigenvalue weighted by atomic mass is 32.1. The lowest BCUT2D eigenvalue weighted by Gasteiger charge is -2.13. The van der Waals surface area contributed by atoms with Crippen LogP contribution in [0.15, 0.2) is 84.5 Å². The van der Waals surface area contributed by atoms with Crippen molar-refractivity contribution in [2.75, 3.05) is 14.1 Å². The van der Waals surface area contributed by atoms with Gasteiger partial charge in [0.1, 0.15) is 11.4 Å². The molecule has 0 aliphatic carbocycles. The van der Waals surface area contributed by atoms with Crippen LogP contribution < -0.4 is 0 Å². The van der Waals surface area contributed by atoms with E-state index in [9.17, 15) is 19.2 Å². The standard InChI is InChI=1S/C17H19NO2S.C15H14N2O2/c1-18(2)12-13-6-3-4-7-14(13)15(19)9-10-16(20)17-8-5-11-21-17;1-11-5-4-10-17-15(11)14(19)8-7-13(18)12-6-2-3-9-16-12/h3-8,11H,9-10,12H2,1-2H3;2-6,9-10H,7-8H2,1H3. The molecule has 0 aliphatic heterocycles. The van der Waals surface area contributed by atoms with Gasteiger partial charge < -0.3 is 4.90 Å². The number of pyridine rings is 2. The second-order valence-electron chi connectivity index (χ2n) is 9.45. The molecule has 1 aromatic carbocycles. The molecule has 0 atom stereocenters. The molecule has 4 aromatic rings. The highest BCUT2D eigenvalue weighted by molar-refractivity contribution is 7.12. The number of benzene rings is 1. The van der Waals surface area contributed by atoms with Crippen molar-refractivity contribution in [2.24, 2.45) is 0 Å². The summed E-state index contributed by atoms with van der Waals surface area (Å²) in [6.45, 7) is 2.56. The van der Waals surface area contributed by atoms with E-state index in [-0.39, 0.29) is 48.8 Å². The maximum absolute atomic E-state index is 12.4. The minimum absolute atomic E-state index is 0.0392. The quantitative estimate of drug-likeness (QED) is 0.190. The van der Waals surface area contributed by atoms with E-state index < -0.39 is 0 Å². The van der Waals surface area contributed by atoms with Gasteiger partial charge in [0.25, 0.3) is 0 Å². The second kappa shape index (κ2) is 15.5. The van der Waals surface area contributed by atoms with Gasteiger partial charge in [-0.2, -0.15) is 0 Å². The lowest BCUT2D eigenvalue weighted by atomic mass is 9.99. The van der Waals surface area contributed by atoms with Crippen molar-refractivity contribution < 1.29 is 19.2 Å².